The van der Waals surface area contributed by atoms with E-state index in [2.05, 4.69) is 0 Å². The Kier molecular flexibility index (Phi) is 6.44. The van der Waals surface area contributed by atoms with Gasteiger partial charge in [-0.05, 0) is 30.5 Å². The first kappa shape index (κ1) is 22.2. The zero-order valence-electron chi connectivity index (χ0n) is 17.7. The molecule has 166 valence electrons. The average molecular weight is 442 g/mol. The third-order valence-electron chi connectivity index (χ3n) is 5.54. The molecule has 1 fully saturated rings. The van der Waals surface area contributed by atoms with Crippen LogP contribution in [0.2, 0.25) is 0 Å². The molecule has 1 saturated heterocycles. The van der Waals surface area contributed by atoms with E-state index in [1.54, 1.807) is 24.3 Å². The van der Waals surface area contributed by atoms with Crippen molar-refractivity contribution in [2.24, 2.45) is 5.92 Å². The summed E-state index contributed by atoms with van der Waals surface area (Å²) >= 11 is 0. The molecule has 0 radical (unpaired) electrons. The predicted molar refractivity (Wildman–Crippen MR) is 115 cm³/mol. The lowest BCUT2D eigenvalue weighted by Crippen LogP contribution is -2.26. The van der Waals surface area contributed by atoms with Crippen LogP contribution in [0.1, 0.15) is 24.3 Å². The number of ether oxygens (including phenoxy) is 2. The molecule has 1 aliphatic rings. The van der Waals surface area contributed by atoms with Gasteiger partial charge in [-0.2, -0.15) is 0 Å². The van der Waals surface area contributed by atoms with E-state index in [4.69, 9.17) is 9.47 Å². The van der Waals surface area contributed by atoms with Crippen molar-refractivity contribution in [2.75, 3.05) is 13.2 Å². The lowest BCUT2D eigenvalue weighted by molar-refractivity contribution is -0.199. The van der Waals surface area contributed by atoms with E-state index in [0.29, 0.717) is 24.3 Å². The molecule has 0 aromatic heterocycles. The van der Waals surface area contributed by atoms with Gasteiger partial charge < -0.3 is 9.47 Å². The summed E-state index contributed by atoms with van der Waals surface area (Å²) in [7, 11) is 0. The maximum atomic E-state index is 14.9. The van der Waals surface area contributed by atoms with Crippen LogP contribution < -0.4 is 0 Å². The zero-order valence-corrected chi connectivity index (χ0v) is 17.7. The molecule has 2 nitrogen and oxygen atoms in total. The SMILES string of the molecule is C/C=C/C1COC(c2ccc(-c3ccc(-c4ccc(C)c(F)c4F)cc3)c(F)c2F)OC1. The van der Waals surface area contributed by atoms with Crippen LogP contribution in [-0.2, 0) is 9.47 Å². The number of hydrogen-bond acceptors (Lipinski definition) is 2. The van der Waals surface area contributed by atoms with Crippen LogP contribution in [0, 0.1) is 36.1 Å². The molecule has 3 aromatic rings. The standard InChI is InChI=1S/C26H22F4O2/c1-3-4-16-13-31-26(32-14-16)21-12-11-20(24(29)25(21)30)18-8-6-17(7-9-18)19-10-5-15(2)22(27)23(19)28/h3-12,16,26H,13-14H2,1-2H3/b4-3+. The Bertz CT molecular complexity index is 1150. The molecule has 0 spiro atoms. The van der Waals surface area contributed by atoms with Gasteiger partial charge in [-0.3, -0.25) is 0 Å². The zero-order chi connectivity index (χ0) is 22.8. The van der Waals surface area contributed by atoms with E-state index in [1.807, 2.05) is 19.1 Å². The monoisotopic (exact) mass is 442 g/mol. The second-order valence-corrected chi connectivity index (χ2v) is 7.75. The molecule has 0 atom stereocenters. The van der Waals surface area contributed by atoms with Gasteiger partial charge in [-0.1, -0.05) is 60.7 Å². The van der Waals surface area contributed by atoms with E-state index in [-0.39, 0.29) is 28.2 Å². The summed E-state index contributed by atoms with van der Waals surface area (Å²) in [5.41, 5.74) is 1.20. The van der Waals surface area contributed by atoms with Gasteiger partial charge in [0.05, 0.1) is 13.2 Å². The maximum absolute atomic E-state index is 14.9. The Balaban J connectivity index is 1.58. The first-order valence-electron chi connectivity index (χ1n) is 10.3. The Morgan fingerprint density at radius 3 is 1.81 bits per heavy atom. The minimum atomic E-state index is -1.03. The summed E-state index contributed by atoms with van der Waals surface area (Å²) in [6.07, 6.45) is 2.86. The van der Waals surface area contributed by atoms with Gasteiger partial charge >= 0.3 is 0 Å². The van der Waals surface area contributed by atoms with Crippen molar-refractivity contribution < 1.29 is 27.0 Å². The first-order chi connectivity index (χ1) is 15.4. The number of aryl methyl sites for hydroxylation is 1. The molecule has 0 N–H and O–H groups in total. The molecular formula is C26H22F4O2. The third-order valence-corrected chi connectivity index (χ3v) is 5.54. The minimum Gasteiger partial charge on any atom is -0.348 e. The van der Waals surface area contributed by atoms with Gasteiger partial charge in [0.2, 0.25) is 0 Å². The summed E-state index contributed by atoms with van der Waals surface area (Å²) in [6, 6.07) is 12.1. The van der Waals surface area contributed by atoms with Crippen LogP contribution in [0.3, 0.4) is 0 Å². The van der Waals surface area contributed by atoms with Crippen LogP contribution >= 0.6 is 0 Å². The van der Waals surface area contributed by atoms with Gasteiger partial charge in [-0.25, -0.2) is 17.6 Å². The van der Waals surface area contributed by atoms with Gasteiger partial charge in [0.25, 0.3) is 0 Å². The number of halogens is 4. The normalized spacial score (nSPS) is 18.9. The van der Waals surface area contributed by atoms with Crippen molar-refractivity contribution in [1.29, 1.82) is 0 Å². The molecule has 0 saturated carbocycles. The lowest BCUT2D eigenvalue weighted by Gasteiger charge is -2.28. The Morgan fingerprint density at radius 2 is 1.25 bits per heavy atom. The summed E-state index contributed by atoms with van der Waals surface area (Å²) in [5.74, 6) is -3.82. The van der Waals surface area contributed by atoms with Gasteiger partial charge in [0.15, 0.2) is 29.6 Å². The molecule has 1 heterocycles. The highest BCUT2D eigenvalue weighted by Gasteiger charge is 2.27. The molecule has 4 rings (SSSR count). The number of allylic oxidation sites excluding steroid dienone is 1. The molecule has 0 unspecified atom stereocenters. The molecule has 0 aliphatic carbocycles. The Hall–Kier alpha value is -2.96. The van der Waals surface area contributed by atoms with E-state index < -0.39 is 29.6 Å². The van der Waals surface area contributed by atoms with Crippen LogP contribution in [0.4, 0.5) is 17.6 Å². The first-order valence-corrected chi connectivity index (χ1v) is 10.3. The lowest BCUT2D eigenvalue weighted by atomic mass is 9.97. The smallest absolute Gasteiger partial charge is 0.186 e. The van der Waals surface area contributed by atoms with E-state index >= 15 is 0 Å². The molecule has 6 heteroatoms. The largest absolute Gasteiger partial charge is 0.348 e. The number of rotatable bonds is 4. The van der Waals surface area contributed by atoms with Crippen LogP contribution in [0.5, 0.6) is 0 Å². The van der Waals surface area contributed by atoms with Crippen LogP contribution in [0.15, 0.2) is 60.7 Å². The van der Waals surface area contributed by atoms with E-state index in [0.717, 1.165) is 0 Å². The van der Waals surface area contributed by atoms with Gasteiger partial charge in [-0.15, -0.1) is 0 Å². The minimum absolute atomic E-state index is 0.000926. The van der Waals surface area contributed by atoms with Crippen molar-refractivity contribution in [3.63, 3.8) is 0 Å². The van der Waals surface area contributed by atoms with Crippen molar-refractivity contribution in [2.45, 2.75) is 20.1 Å². The maximum Gasteiger partial charge on any atom is 0.186 e. The summed E-state index contributed by atoms with van der Waals surface area (Å²) in [5, 5.41) is 0. The fourth-order valence-corrected chi connectivity index (χ4v) is 3.75. The molecular weight excluding hydrogens is 420 g/mol. The molecule has 1 aliphatic heterocycles. The Morgan fingerprint density at radius 1 is 0.719 bits per heavy atom. The third kappa shape index (κ3) is 4.20. The second-order valence-electron chi connectivity index (χ2n) is 7.75. The van der Waals surface area contributed by atoms with Gasteiger partial charge in [0.1, 0.15) is 0 Å². The fourth-order valence-electron chi connectivity index (χ4n) is 3.75. The highest BCUT2D eigenvalue weighted by Crippen LogP contribution is 2.34. The average Bonchev–Trinajstić information content (AvgIpc) is 2.81. The highest BCUT2D eigenvalue weighted by molar-refractivity contribution is 5.71. The quantitative estimate of drug-likeness (QED) is 0.316. The van der Waals surface area contributed by atoms with Crippen LogP contribution in [-0.4, -0.2) is 13.2 Å². The Labute approximate surface area is 184 Å². The van der Waals surface area contributed by atoms with Crippen molar-refractivity contribution in [3.8, 4) is 22.3 Å². The summed E-state index contributed by atoms with van der Waals surface area (Å²) in [6.45, 7) is 4.09. The fraction of sp³-hybridized carbons (Fsp3) is 0.231. The van der Waals surface area contributed by atoms with E-state index in [1.165, 1.54) is 31.2 Å². The number of hydrogen-bond donors (Lipinski definition) is 0. The molecule has 32 heavy (non-hydrogen) atoms. The topological polar surface area (TPSA) is 18.5 Å². The van der Waals surface area contributed by atoms with Gasteiger partial charge in [0, 0.05) is 22.6 Å². The second kappa shape index (κ2) is 9.27. The molecule has 3 aromatic carbocycles. The summed E-state index contributed by atoms with van der Waals surface area (Å²) in [4.78, 5) is 0. The predicted octanol–water partition coefficient (Wildman–Crippen LogP) is 7.12. The van der Waals surface area contributed by atoms with Crippen LogP contribution in [0.25, 0.3) is 22.3 Å². The van der Waals surface area contributed by atoms with Crippen molar-refractivity contribution in [3.05, 3.63) is 95.1 Å². The highest BCUT2D eigenvalue weighted by atomic mass is 19.2. The van der Waals surface area contributed by atoms with Crippen molar-refractivity contribution >= 4 is 0 Å². The number of benzene rings is 3. The molecule has 0 amide bonds. The van der Waals surface area contributed by atoms with Crippen molar-refractivity contribution in [1.82, 2.24) is 0 Å². The summed E-state index contributed by atoms with van der Waals surface area (Å²) < 4.78 is 69.0. The molecule has 0 bridgehead atoms. The van der Waals surface area contributed by atoms with E-state index in [9.17, 15) is 17.6 Å².